The summed E-state index contributed by atoms with van der Waals surface area (Å²) in [6.45, 7) is 3.33. The van der Waals surface area contributed by atoms with Crippen molar-refractivity contribution in [3.8, 4) is 0 Å². The van der Waals surface area contributed by atoms with Crippen LogP contribution in [0.1, 0.15) is 26.2 Å². The van der Waals surface area contributed by atoms with Crippen LogP contribution in [0.3, 0.4) is 0 Å². The highest BCUT2D eigenvalue weighted by Gasteiger charge is 2.22. The Morgan fingerprint density at radius 3 is 3.00 bits per heavy atom. The molecule has 0 spiro atoms. The standard InChI is InChI=1S/C10H18O3/c1-8(12-2)6-10(11)9-4-3-5-13-7-9/h8-9H,3-7H2,1-2H3. The monoisotopic (exact) mass is 186 g/mol. The molecule has 1 saturated heterocycles. The zero-order valence-electron chi connectivity index (χ0n) is 8.41. The first kappa shape index (κ1) is 10.7. The molecule has 0 N–H and O–H groups in total. The Labute approximate surface area is 79.4 Å². The van der Waals surface area contributed by atoms with E-state index in [-0.39, 0.29) is 17.8 Å². The third kappa shape index (κ3) is 3.44. The van der Waals surface area contributed by atoms with Gasteiger partial charge in [0.1, 0.15) is 5.78 Å². The lowest BCUT2D eigenvalue weighted by Gasteiger charge is -2.21. The summed E-state index contributed by atoms with van der Waals surface area (Å²) >= 11 is 0. The molecular weight excluding hydrogens is 168 g/mol. The first-order valence-electron chi connectivity index (χ1n) is 4.87. The highest BCUT2D eigenvalue weighted by Crippen LogP contribution is 2.17. The number of carbonyl (C=O) groups excluding carboxylic acids is 1. The molecule has 0 radical (unpaired) electrons. The van der Waals surface area contributed by atoms with Crippen LogP contribution in [0.4, 0.5) is 0 Å². The van der Waals surface area contributed by atoms with E-state index in [1.807, 2.05) is 6.92 Å². The molecule has 0 amide bonds. The molecule has 0 aromatic heterocycles. The molecule has 2 unspecified atom stereocenters. The molecule has 1 rings (SSSR count). The average Bonchev–Trinajstić information content (AvgIpc) is 2.19. The number of hydrogen-bond donors (Lipinski definition) is 0. The third-order valence-electron chi connectivity index (χ3n) is 2.51. The van der Waals surface area contributed by atoms with Crippen LogP contribution in [0.15, 0.2) is 0 Å². The van der Waals surface area contributed by atoms with Gasteiger partial charge >= 0.3 is 0 Å². The van der Waals surface area contributed by atoms with Crippen LogP contribution in [0.2, 0.25) is 0 Å². The van der Waals surface area contributed by atoms with Gasteiger partial charge in [0.25, 0.3) is 0 Å². The molecule has 2 atom stereocenters. The molecule has 3 heteroatoms. The second kappa shape index (κ2) is 5.35. The van der Waals surface area contributed by atoms with Crippen molar-refractivity contribution >= 4 is 5.78 Å². The SMILES string of the molecule is COC(C)CC(=O)C1CCCOC1. The Kier molecular flexibility index (Phi) is 4.39. The fourth-order valence-electron chi connectivity index (χ4n) is 1.53. The minimum absolute atomic E-state index is 0.0365. The molecule has 3 nitrogen and oxygen atoms in total. The first-order valence-corrected chi connectivity index (χ1v) is 4.87. The number of rotatable bonds is 4. The van der Waals surface area contributed by atoms with E-state index in [1.54, 1.807) is 7.11 Å². The minimum atomic E-state index is 0.0365. The molecular formula is C10H18O3. The number of ether oxygens (including phenoxy) is 2. The second-order valence-electron chi connectivity index (χ2n) is 3.63. The van der Waals surface area contributed by atoms with Gasteiger partial charge in [-0.2, -0.15) is 0 Å². The van der Waals surface area contributed by atoms with Gasteiger partial charge in [0, 0.05) is 26.1 Å². The summed E-state index contributed by atoms with van der Waals surface area (Å²) in [6.07, 6.45) is 2.55. The van der Waals surface area contributed by atoms with Gasteiger partial charge in [-0.15, -0.1) is 0 Å². The van der Waals surface area contributed by atoms with E-state index >= 15 is 0 Å². The molecule has 0 saturated carbocycles. The summed E-state index contributed by atoms with van der Waals surface area (Å²) in [7, 11) is 1.63. The van der Waals surface area contributed by atoms with Gasteiger partial charge in [0.2, 0.25) is 0 Å². The van der Waals surface area contributed by atoms with Crippen LogP contribution in [-0.2, 0) is 14.3 Å². The smallest absolute Gasteiger partial charge is 0.140 e. The van der Waals surface area contributed by atoms with E-state index in [4.69, 9.17) is 9.47 Å². The van der Waals surface area contributed by atoms with Gasteiger partial charge in [-0.3, -0.25) is 4.79 Å². The van der Waals surface area contributed by atoms with E-state index in [0.29, 0.717) is 13.0 Å². The van der Waals surface area contributed by atoms with E-state index in [9.17, 15) is 4.79 Å². The van der Waals surface area contributed by atoms with Gasteiger partial charge < -0.3 is 9.47 Å². The quantitative estimate of drug-likeness (QED) is 0.666. The molecule has 13 heavy (non-hydrogen) atoms. The largest absolute Gasteiger partial charge is 0.381 e. The van der Waals surface area contributed by atoms with Gasteiger partial charge in [-0.25, -0.2) is 0 Å². The third-order valence-corrected chi connectivity index (χ3v) is 2.51. The predicted molar refractivity (Wildman–Crippen MR) is 49.6 cm³/mol. The minimum Gasteiger partial charge on any atom is -0.381 e. The van der Waals surface area contributed by atoms with Crippen molar-refractivity contribution in [2.75, 3.05) is 20.3 Å². The molecule has 76 valence electrons. The summed E-state index contributed by atoms with van der Waals surface area (Å²) in [5.41, 5.74) is 0. The van der Waals surface area contributed by atoms with Gasteiger partial charge in [-0.05, 0) is 19.8 Å². The van der Waals surface area contributed by atoms with E-state index in [0.717, 1.165) is 19.4 Å². The number of Topliss-reactive ketones (excluding diaryl/α,β-unsaturated/α-hetero) is 1. The maximum atomic E-state index is 11.6. The van der Waals surface area contributed by atoms with Crippen LogP contribution in [0.5, 0.6) is 0 Å². The Hall–Kier alpha value is -0.410. The van der Waals surface area contributed by atoms with Crippen molar-refractivity contribution in [1.82, 2.24) is 0 Å². The lowest BCUT2D eigenvalue weighted by atomic mass is 9.94. The number of hydrogen-bond acceptors (Lipinski definition) is 3. The predicted octanol–water partition coefficient (Wildman–Crippen LogP) is 1.41. The maximum Gasteiger partial charge on any atom is 0.140 e. The van der Waals surface area contributed by atoms with Crippen molar-refractivity contribution in [2.45, 2.75) is 32.3 Å². The van der Waals surface area contributed by atoms with Gasteiger partial charge in [-0.1, -0.05) is 0 Å². The van der Waals surface area contributed by atoms with E-state index in [2.05, 4.69) is 0 Å². The second-order valence-corrected chi connectivity index (χ2v) is 3.63. The fraction of sp³-hybridized carbons (Fsp3) is 0.900. The Balaban J connectivity index is 2.29. The molecule has 1 aliphatic heterocycles. The van der Waals surface area contributed by atoms with Crippen LogP contribution in [0, 0.1) is 5.92 Å². The lowest BCUT2D eigenvalue weighted by Crippen LogP contribution is -2.27. The summed E-state index contributed by atoms with van der Waals surface area (Å²) in [4.78, 5) is 11.6. The molecule has 0 aromatic rings. The lowest BCUT2D eigenvalue weighted by molar-refractivity contribution is -0.128. The normalized spacial score (nSPS) is 25.5. The van der Waals surface area contributed by atoms with Crippen LogP contribution in [0.25, 0.3) is 0 Å². The molecule has 0 bridgehead atoms. The van der Waals surface area contributed by atoms with Crippen LogP contribution in [-0.4, -0.2) is 32.2 Å². The van der Waals surface area contributed by atoms with Crippen molar-refractivity contribution in [3.05, 3.63) is 0 Å². The molecule has 1 heterocycles. The van der Waals surface area contributed by atoms with Crippen molar-refractivity contribution in [2.24, 2.45) is 5.92 Å². The molecule has 1 fully saturated rings. The molecule has 1 aliphatic rings. The van der Waals surface area contributed by atoms with Crippen molar-refractivity contribution in [3.63, 3.8) is 0 Å². The van der Waals surface area contributed by atoms with Crippen molar-refractivity contribution < 1.29 is 14.3 Å². The first-order chi connectivity index (χ1) is 6.24. The average molecular weight is 186 g/mol. The number of carbonyl (C=O) groups is 1. The Morgan fingerprint density at radius 1 is 1.69 bits per heavy atom. The highest BCUT2D eigenvalue weighted by atomic mass is 16.5. The van der Waals surface area contributed by atoms with E-state index < -0.39 is 0 Å². The summed E-state index contributed by atoms with van der Waals surface area (Å²) < 4.78 is 10.3. The van der Waals surface area contributed by atoms with Crippen molar-refractivity contribution in [1.29, 1.82) is 0 Å². The number of ketones is 1. The summed E-state index contributed by atoms with van der Waals surface area (Å²) in [6, 6.07) is 0. The van der Waals surface area contributed by atoms with E-state index in [1.165, 1.54) is 0 Å². The van der Waals surface area contributed by atoms with Gasteiger partial charge in [0.05, 0.1) is 12.7 Å². The zero-order chi connectivity index (χ0) is 9.68. The highest BCUT2D eigenvalue weighted by molar-refractivity contribution is 5.81. The molecule has 0 aromatic carbocycles. The summed E-state index contributed by atoms with van der Waals surface area (Å²) in [5, 5.41) is 0. The summed E-state index contributed by atoms with van der Waals surface area (Å²) in [5.74, 6) is 0.403. The fourth-order valence-corrected chi connectivity index (χ4v) is 1.53. The topological polar surface area (TPSA) is 35.5 Å². The molecule has 0 aliphatic carbocycles. The Bertz CT molecular complexity index is 162. The van der Waals surface area contributed by atoms with Crippen LogP contribution >= 0.6 is 0 Å². The van der Waals surface area contributed by atoms with Crippen LogP contribution < -0.4 is 0 Å². The maximum absolute atomic E-state index is 11.6. The zero-order valence-corrected chi connectivity index (χ0v) is 8.41. The Morgan fingerprint density at radius 2 is 2.46 bits per heavy atom. The van der Waals surface area contributed by atoms with Gasteiger partial charge in [0.15, 0.2) is 0 Å². The number of methoxy groups -OCH3 is 1.